The number of rotatable bonds is 6. The molecule has 0 radical (unpaired) electrons. The van der Waals surface area contributed by atoms with Gasteiger partial charge in [0, 0.05) is 29.3 Å². The summed E-state index contributed by atoms with van der Waals surface area (Å²) in [6.07, 6.45) is 5.16. The maximum absolute atomic E-state index is 11.3. The molecule has 4 nitrogen and oxygen atoms in total. The summed E-state index contributed by atoms with van der Waals surface area (Å²) >= 11 is 0. The van der Waals surface area contributed by atoms with E-state index in [1.807, 2.05) is 11.5 Å². The van der Waals surface area contributed by atoms with Gasteiger partial charge >= 0.3 is 0 Å². The Hall–Kier alpha value is -0.550. The van der Waals surface area contributed by atoms with Crippen LogP contribution < -0.4 is 0 Å². The lowest BCUT2D eigenvalue weighted by atomic mass is 10.1. The Morgan fingerprint density at radius 3 is 2.35 bits per heavy atom. The number of hydrogen-bond donors (Lipinski definition) is 0. The van der Waals surface area contributed by atoms with E-state index >= 15 is 0 Å². The number of halogens is 1. The third-order valence-corrected chi connectivity index (χ3v) is 4.02. The van der Waals surface area contributed by atoms with Gasteiger partial charge in [0.15, 0.2) is 5.03 Å². The molecule has 0 N–H and O–H groups in total. The highest BCUT2D eigenvalue weighted by Crippen LogP contribution is 2.23. The van der Waals surface area contributed by atoms with Crippen LogP contribution in [-0.2, 0) is 15.5 Å². The van der Waals surface area contributed by atoms with Crippen LogP contribution in [0.4, 0.5) is 0 Å². The van der Waals surface area contributed by atoms with Gasteiger partial charge in [-0.1, -0.05) is 20.8 Å². The molecular weight excluding hydrogens is 260 g/mol. The highest BCUT2D eigenvalue weighted by Gasteiger charge is 2.20. The van der Waals surface area contributed by atoms with Crippen molar-refractivity contribution in [2.24, 2.45) is 0 Å². The fourth-order valence-corrected chi connectivity index (χ4v) is 2.61. The second kappa shape index (κ2) is 5.87. The molecule has 0 spiro atoms. The van der Waals surface area contributed by atoms with Gasteiger partial charge in [0.25, 0.3) is 9.05 Å². The van der Waals surface area contributed by atoms with Gasteiger partial charge in [0.1, 0.15) is 5.82 Å². The van der Waals surface area contributed by atoms with Crippen molar-refractivity contribution in [2.45, 2.75) is 57.5 Å². The average molecular weight is 279 g/mol. The van der Waals surface area contributed by atoms with E-state index in [2.05, 4.69) is 18.8 Å². The third kappa shape index (κ3) is 3.45. The summed E-state index contributed by atoms with van der Waals surface area (Å²) < 4.78 is 24.5. The van der Waals surface area contributed by atoms with Crippen molar-refractivity contribution in [3.63, 3.8) is 0 Å². The van der Waals surface area contributed by atoms with Crippen LogP contribution in [-0.4, -0.2) is 18.0 Å². The molecule has 0 aliphatic rings. The van der Waals surface area contributed by atoms with E-state index < -0.39 is 9.05 Å². The summed E-state index contributed by atoms with van der Waals surface area (Å²) in [5, 5.41) is -0.0329. The Morgan fingerprint density at radius 1 is 1.35 bits per heavy atom. The molecule has 1 aromatic rings. The number of aryl methyl sites for hydroxylation is 1. The molecule has 0 fully saturated rings. The van der Waals surface area contributed by atoms with Crippen LogP contribution in [0.5, 0.6) is 0 Å². The number of aromatic nitrogens is 2. The Balaban J connectivity index is 3.22. The first kappa shape index (κ1) is 14.5. The standard InChI is InChI=1S/C11H19ClN2O2S/c1-4-7-10-13-11(17(12,15)16)8-14(10)9(5-2)6-3/h8-9H,4-7H2,1-3H3. The van der Waals surface area contributed by atoms with Crippen molar-refractivity contribution in [3.8, 4) is 0 Å². The Morgan fingerprint density at radius 2 is 1.94 bits per heavy atom. The SMILES string of the molecule is CCCc1nc(S(=O)(=O)Cl)cn1C(CC)CC. The van der Waals surface area contributed by atoms with E-state index in [1.54, 1.807) is 6.20 Å². The van der Waals surface area contributed by atoms with Crippen molar-refractivity contribution in [1.82, 2.24) is 9.55 Å². The Bertz CT molecular complexity index is 464. The second-order valence-electron chi connectivity index (χ2n) is 4.06. The van der Waals surface area contributed by atoms with E-state index in [-0.39, 0.29) is 11.1 Å². The smallest absolute Gasteiger partial charge is 0.280 e. The van der Waals surface area contributed by atoms with Gasteiger partial charge in [-0.3, -0.25) is 0 Å². The minimum atomic E-state index is -3.73. The van der Waals surface area contributed by atoms with Gasteiger partial charge in [-0.15, -0.1) is 0 Å². The number of hydrogen-bond acceptors (Lipinski definition) is 3. The van der Waals surface area contributed by atoms with Crippen molar-refractivity contribution in [1.29, 1.82) is 0 Å². The van der Waals surface area contributed by atoms with E-state index in [0.29, 0.717) is 0 Å². The molecule has 0 aromatic carbocycles. The number of imidazole rings is 1. The normalized spacial score (nSPS) is 12.3. The van der Waals surface area contributed by atoms with Gasteiger partial charge in [0.05, 0.1) is 0 Å². The molecule has 0 saturated heterocycles. The minimum absolute atomic E-state index is 0.0329. The highest BCUT2D eigenvalue weighted by atomic mass is 35.7. The van der Waals surface area contributed by atoms with E-state index in [9.17, 15) is 8.42 Å². The van der Waals surface area contributed by atoms with Crippen molar-refractivity contribution >= 4 is 19.7 Å². The van der Waals surface area contributed by atoms with Crippen LogP contribution in [0, 0.1) is 0 Å². The Kier molecular flexibility index (Phi) is 5.01. The summed E-state index contributed by atoms with van der Waals surface area (Å²) in [7, 11) is 1.60. The molecule has 17 heavy (non-hydrogen) atoms. The first-order chi connectivity index (χ1) is 7.93. The molecule has 1 aromatic heterocycles. The van der Waals surface area contributed by atoms with Gasteiger partial charge in [-0.25, -0.2) is 13.4 Å². The van der Waals surface area contributed by atoms with Gasteiger partial charge in [-0.05, 0) is 19.3 Å². The summed E-state index contributed by atoms with van der Waals surface area (Å²) in [5.41, 5.74) is 0. The lowest BCUT2D eigenvalue weighted by molar-refractivity contribution is 0.453. The lowest BCUT2D eigenvalue weighted by Gasteiger charge is -2.16. The number of nitrogens with zero attached hydrogens (tertiary/aromatic N) is 2. The molecule has 0 bridgehead atoms. The molecule has 1 rings (SSSR count). The second-order valence-corrected chi connectivity index (χ2v) is 6.57. The predicted molar refractivity (Wildman–Crippen MR) is 68.9 cm³/mol. The molecule has 98 valence electrons. The van der Waals surface area contributed by atoms with Crippen molar-refractivity contribution in [2.75, 3.05) is 0 Å². The monoisotopic (exact) mass is 278 g/mol. The summed E-state index contributed by atoms with van der Waals surface area (Å²) in [4.78, 5) is 4.13. The molecule has 0 unspecified atom stereocenters. The quantitative estimate of drug-likeness (QED) is 0.751. The summed E-state index contributed by atoms with van der Waals surface area (Å²) in [6, 6.07) is 0.288. The van der Waals surface area contributed by atoms with E-state index in [0.717, 1.165) is 31.5 Å². The fraction of sp³-hybridized carbons (Fsp3) is 0.727. The van der Waals surface area contributed by atoms with Crippen LogP contribution in [0.1, 0.15) is 51.9 Å². The molecule has 0 saturated carbocycles. The predicted octanol–water partition coefficient (Wildman–Crippen LogP) is 3.12. The van der Waals surface area contributed by atoms with Gasteiger partial charge < -0.3 is 4.57 Å². The zero-order valence-corrected chi connectivity index (χ0v) is 12.1. The van der Waals surface area contributed by atoms with Gasteiger partial charge in [-0.2, -0.15) is 0 Å². The van der Waals surface area contributed by atoms with Crippen molar-refractivity contribution < 1.29 is 8.42 Å². The molecule has 0 atom stereocenters. The third-order valence-electron chi connectivity index (χ3n) is 2.85. The first-order valence-electron chi connectivity index (χ1n) is 5.96. The zero-order chi connectivity index (χ0) is 13.1. The van der Waals surface area contributed by atoms with Crippen LogP contribution in [0.15, 0.2) is 11.2 Å². The lowest BCUT2D eigenvalue weighted by Crippen LogP contribution is -2.09. The van der Waals surface area contributed by atoms with E-state index in [4.69, 9.17) is 10.7 Å². The van der Waals surface area contributed by atoms with Crippen LogP contribution >= 0.6 is 10.7 Å². The Labute approximate surface area is 107 Å². The van der Waals surface area contributed by atoms with E-state index in [1.165, 1.54) is 0 Å². The largest absolute Gasteiger partial charge is 0.330 e. The van der Waals surface area contributed by atoms with Crippen molar-refractivity contribution in [3.05, 3.63) is 12.0 Å². The minimum Gasteiger partial charge on any atom is -0.330 e. The van der Waals surface area contributed by atoms with Crippen LogP contribution in [0.2, 0.25) is 0 Å². The topological polar surface area (TPSA) is 52.0 Å². The van der Waals surface area contributed by atoms with Crippen LogP contribution in [0.3, 0.4) is 0 Å². The molecule has 0 aliphatic carbocycles. The molecule has 0 aliphatic heterocycles. The van der Waals surface area contributed by atoms with Gasteiger partial charge in [0.2, 0.25) is 0 Å². The average Bonchev–Trinajstić information content (AvgIpc) is 2.65. The first-order valence-corrected chi connectivity index (χ1v) is 8.27. The zero-order valence-electron chi connectivity index (χ0n) is 10.5. The maximum atomic E-state index is 11.3. The molecule has 0 amide bonds. The highest BCUT2D eigenvalue weighted by molar-refractivity contribution is 8.13. The fourth-order valence-electron chi connectivity index (χ4n) is 1.93. The maximum Gasteiger partial charge on any atom is 0.280 e. The summed E-state index contributed by atoms with van der Waals surface area (Å²) in [5.74, 6) is 0.806. The molecule has 6 heteroatoms. The summed E-state index contributed by atoms with van der Waals surface area (Å²) in [6.45, 7) is 6.21. The molecular formula is C11H19ClN2O2S. The molecule has 1 heterocycles. The van der Waals surface area contributed by atoms with Crippen LogP contribution in [0.25, 0.3) is 0 Å².